The Morgan fingerprint density at radius 1 is 0.580 bits per heavy atom. The highest BCUT2D eigenvalue weighted by Crippen LogP contribution is 2.76. The van der Waals surface area contributed by atoms with Crippen molar-refractivity contribution in [2.75, 3.05) is 0 Å². The third kappa shape index (κ3) is 3.14. The molecule has 10 heteroatoms. The van der Waals surface area contributed by atoms with Gasteiger partial charge in [-0.3, -0.25) is 0 Å². The van der Waals surface area contributed by atoms with Gasteiger partial charge in [0.1, 0.15) is 0 Å². The molecule has 10 nitrogen and oxygen atoms in total. The molecule has 0 aromatic heterocycles. The number of carbonyl (C=O) groups excluding carboxylic acids is 4. The first-order chi connectivity index (χ1) is 23.3. The van der Waals surface area contributed by atoms with Gasteiger partial charge in [-0.15, -0.1) is 0 Å². The highest BCUT2D eigenvalue weighted by atomic mass is 16.6. The molecular weight excluding hydrogens is 640 g/mol. The number of esters is 4. The molecule has 0 radical (unpaired) electrons. The van der Waals surface area contributed by atoms with E-state index in [0.717, 1.165) is 51.4 Å². The molecule has 6 saturated carbocycles. The van der Waals surface area contributed by atoms with Crippen LogP contribution in [0.1, 0.15) is 106 Å². The lowest BCUT2D eigenvalue weighted by Crippen LogP contribution is -2.61. The molecule has 0 amide bonds. The summed E-state index contributed by atoms with van der Waals surface area (Å²) in [5.74, 6) is -5.27. The van der Waals surface area contributed by atoms with Crippen molar-refractivity contribution < 1.29 is 48.3 Å². The number of hydrogen-bond donors (Lipinski definition) is 2. The van der Waals surface area contributed by atoms with Crippen LogP contribution in [-0.4, -0.2) is 68.7 Å². The van der Waals surface area contributed by atoms with Crippen LogP contribution in [0.3, 0.4) is 0 Å². The van der Waals surface area contributed by atoms with Crippen LogP contribution >= 0.6 is 0 Å². The predicted octanol–water partition coefficient (Wildman–Crippen LogP) is 4.49. The fourth-order valence-corrected chi connectivity index (χ4v) is 16.0. The standard InChI is InChI=1S/C40H50O10/c1-33(2)13-7-15-35(5)21(33)11-17-37-25-23(39(45,29(35)37)31(43)49-37)19(27(41)47-25)9-10-20-24-26(48-28(20)42)38-18-12-22-34(3,4)14-8-16-36(22,6)30(38)40(24,46)32(44)50-38/h9-10,21-26,29-30,45-46H,7-8,11-18H2,1-6H3/b19-9-,20-10-/t21-,22-,23+,24+,25-,26-,29+,30+,35-,36-,37-,38-,39-,40-/m1/s1. The molecule has 10 aliphatic rings. The molecule has 0 aromatic carbocycles. The van der Waals surface area contributed by atoms with E-state index in [0.29, 0.717) is 12.8 Å². The lowest BCUT2D eigenvalue weighted by molar-refractivity contribution is -0.200. The lowest BCUT2D eigenvalue weighted by atomic mass is 9.45. The maximum atomic E-state index is 13.8. The van der Waals surface area contributed by atoms with E-state index in [1.54, 1.807) is 0 Å². The summed E-state index contributed by atoms with van der Waals surface area (Å²) in [5.41, 5.74) is -6.75. The molecule has 4 bridgehead atoms. The molecule has 4 heterocycles. The minimum Gasteiger partial charge on any atom is -0.454 e. The van der Waals surface area contributed by atoms with Crippen LogP contribution in [0.2, 0.25) is 0 Å². The van der Waals surface area contributed by atoms with Crippen LogP contribution in [0, 0.1) is 57.2 Å². The molecule has 50 heavy (non-hydrogen) atoms. The van der Waals surface area contributed by atoms with E-state index < -0.39 is 93.0 Å². The van der Waals surface area contributed by atoms with E-state index in [-0.39, 0.29) is 33.8 Å². The second-order valence-electron chi connectivity index (χ2n) is 19.9. The monoisotopic (exact) mass is 690 g/mol. The fourth-order valence-electron chi connectivity index (χ4n) is 16.0. The summed E-state index contributed by atoms with van der Waals surface area (Å²) in [6, 6.07) is 0. The van der Waals surface area contributed by atoms with E-state index in [2.05, 4.69) is 41.5 Å². The average molecular weight is 691 g/mol. The zero-order valence-electron chi connectivity index (χ0n) is 30.0. The van der Waals surface area contributed by atoms with E-state index in [4.69, 9.17) is 18.9 Å². The maximum absolute atomic E-state index is 13.8. The number of ether oxygens (including phenoxy) is 4. The Morgan fingerprint density at radius 2 is 0.960 bits per heavy atom. The van der Waals surface area contributed by atoms with E-state index in [1.165, 1.54) is 12.2 Å². The molecule has 270 valence electrons. The van der Waals surface area contributed by atoms with Gasteiger partial charge in [0.05, 0.1) is 11.8 Å². The SMILES string of the molecule is CC1(C)CCC[C@]2(C)[C@@H]1CC[C@@]13OC(=O)[C@@](O)([C@H]4/C(=C/C=C5\C(=O)O[C@@H]6[C@H]5[C@]5(O)C(=O)O[C@]67CC[C@@H]6C(C)(C)CCC[C@@]6(C)[C@@H]75)C(=O)O[C@H]41)[C@@H]23. The molecule has 2 N–H and O–H groups in total. The van der Waals surface area contributed by atoms with Gasteiger partial charge in [-0.1, -0.05) is 66.5 Å². The van der Waals surface area contributed by atoms with Gasteiger partial charge in [-0.05, 0) is 84.9 Å². The summed E-state index contributed by atoms with van der Waals surface area (Å²) < 4.78 is 24.3. The van der Waals surface area contributed by atoms with Crippen molar-refractivity contribution in [3.63, 3.8) is 0 Å². The Hall–Kier alpha value is -2.72. The first-order valence-electron chi connectivity index (χ1n) is 19.1. The topological polar surface area (TPSA) is 146 Å². The van der Waals surface area contributed by atoms with Crippen molar-refractivity contribution in [1.82, 2.24) is 0 Å². The second kappa shape index (κ2) is 8.90. The Kier molecular flexibility index (Phi) is 5.69. The van der Waals surface area contributed by atoms with E-state index in [1.807, 2.05) is 0 Å². The summed E-state index contributed by atoms with van der Waals surface area (Å²) in [5, 5.41) is 25.3. The van der Waals surface area contributed by atoms with Gasteiger partial charge in [0.2, 0.25) is 0 Å². The molecule has 4 aliphatic heterocycles. The number of carbonyl (C=O) groups is 4. The Morgan fingerprint density at radius 3 is 1.34 bits per heavy atom. The third-order valence-electron chi connectivity index (χ3n) is 17.2. The number of allylic oxidation sites excluding steroid dienone is 2. The largest absolute Gasteiger partial charge is 0.454 e. The van der Waals surface area contributed by atoms with Crippen molar-refractivity contribution in [2.24, 2.45) is 57.2 Å². The fraction of sp³-hybridized carbons (Fsp3) is 0.800. The zero-order valence-corrected chi connectivity index (χ0v) is 30.0. The second-order valence-corrected chi connectivity index (χ2v) is 19.9. The van der Waals surface area contributed by atoms with Gasteiger partial charge < -0.3 is 29.2 Å². The van der Waals surface area contributed by atoms with Crippen LogP contribution in [0.15, 0.2) is 23.3 Å². The van der Waals surface area contributed by atoms with Gasteiger partial charge in [-0.2, -0.15) is 0 Å². The van der Waals surface area contributed by atoms with Crippen LogP contribution in [0.4, 0.5) is 0 Å². The van der Waals surface area contributed by atoms with Crippen LogP contribution in [0.25, 0.3) is 0 Å². The van der Waals surface area contributed by atoms with Gasteiger partial charge in [-0.25, -0.2) is 19.2 Å². The summed E-state index contributed by atoms with van der Waals surface area (Å²) in [4.78, 5) is 55.0. The highest BCUT2D eigenvalue weighted by Gasteiger charge is 2.89. The van der Waals surface area contributed by atoms with Gasteiger partial charge in [0, 0.05) is 23.0 Å². The highest BCUT2D eigenvalue weighted by molar-refractivity contribution is 6.00. The summed E-state index contributed by atoms with van der Waals surface area (Å²) in [6.45, 7) is 13.4. The number of fused-ring (bicyclic) bond motifs is 6. The summed E-state index contributed by atoms with van der Waals surface area (Å²) >= 11 is 0. The molecule has 0 unspecified atom stereocenters. The first-order valence-corrected chi connectivity index (χ1v) is 19.1. The number of rotatable bonds is 1. The van der Waals surface area contributed by atoms with E-state index in [9.17, 15) is 29.4 Å². The summed E-state index contributed by atoms with van der Waals surface area (Å²) in [7, 11) is 0. The zero-order chi connectivity index (χ0) is 35.4. The predicted molar refractivity (Wildman–Crippen MR) is 174 cm³/mol. The third-order valence-corrected chi connectivity index (χ3v) is 17.2. The summed E-state index contributed by atoms with van der Waals surface area (Å²) in [6.07, 6.45) is 9.63. The quantitative estimate of drug-likeness (QED) is 0.229. The van der Waals surface area contributed by atoms with Crippen molar-refractivity contribution in [3.05, 3.63) is 23.3 Å². The minimum atomic E-state index is -1.97. The molecular formula is C40H50O10. The van der Waals surface area contributed by atoms with Crippen molar-refractivity contribution >= 4 is 23.9 Å². The van der Waals surface area contributed by atoms with Crippen LogP contribution in [-0.2, 0) is 38.1 Å². The normalized spacial score (nSPS) is 57.3. The smallest absolute Gasteiger partial charge is 0.340 e. The Balaban J connectivity index is 1.06. The number of aliphatic hydroxyl groups is 2. The molecule has 4 saturated heterocycles. The Bertz CT molecular complexity index is 1630. The van der Waals surface area contributed by atoms with Gasteiger partial charge in [0.25, 0.3) is 0 Å². The van der Waals surface area contributed by atoms with Crippen molar-refractivity contribution in [3.8, 4) is 0 Å². The van der Waals surface area contributed by atoms with Gasteiger partial charge in [0.15, 0.2) is 34.6 Å². The van der Waals surface area contributed by atoms with Gasteiger partial charge >= 0.3 is 23.9 Å². The molecule has 10 rings (SSSR count). The first kappa shape index (κ1) is 32.0. The molecule has 0 aromatic rings. The molecule has 14 atom stereocenters. The minimum absolute atomic E-state index is 0.0213. The van der Waals surface area contributed by atoms with Crippen molar-refractivity contribution in [2.45, 2.75) is 140 Å². The van der Waals surface area contributed by atoms with Crippen LogP contribution in [0.5, 0.6) is 0 Å². The maximum Gasteiger partial charge on any atom is 0.340 e. The molecule has 0 spiro atoms. The Labute approximate surface area is 292 Å². The number of hydrogen-bond acceptors (Lipinski definition) is 10. The molecule has 10 fully saturated rings. The average Bonchev–Trinajstić information content (AvgIpc) is 3.76. The molecule has 6 aliphatic carbocycles. The lowest BCUT2D eigenvalue weighted by Gasteiger charge is -2.60. The van der Waals surface area contributed by atoms with Crippen LogP contribution < -0.4 is 0 Å². The van der Waals surface area contributed by atoms with E-state index >= 15 is 0 Å². The van der Waals surface area contributed by atoms with Crippen molar-refractivity contribution in [1.29, 1.82) is 0 Å².